The maximum Gasteiger partial charge on any atom is 0.255 e. The Balaban J connectivity index is 1.43. The molecule has 0 N–H and O–H groups in total. The Morgan fingerprint density at radius 1 is 1.03 bits per heavy atom. The van der Waals surface area contributed by atoms with Crippen LogP contribution in [0.2, 0.25) is 10.0 Å². The summed E-state index contributed by atoms with van der Waals surface area (Å²) in [5.74, 6) is 1.17. The van der Waals surface area contributed by atoms with Crippen LogP contribution < -0.4 is 0 Å². The first kappa shape index (κ1) is 20.4. The Hall–Kier alpha value is -2.50. The van der Waals surface area contributed by atoms with Crippen molar-refractivity contribution in [1.29, 1.82) is 0 Å². The van der Waals surface area contributed by atoms with Gasteiger partial charge in [0.1, 0.15) is 0 Å². The van der Waals surface area contributed by atoms with E-state index in [0.29, 0.717) is 33.4 Å². The molecule has 1 saturated carbocycles. The van der Waals surface area contributed by atoms with Gasteiger partial charge in [-0.15, -0.1) is 0 Å². The molecule has 2 unspecified atom stereocenters. The fourth-order valence-electron chi connectivity index (χ4n) is 4.63. The summed E-state index contributed by atoms with van der Waals surface area (Å²) in [5, 5.41) is 1.17. The molecule has 2 aliphatic rings. The SMILES string of the molecule is O=C(c1cc(Cl)ccc1-c1ncccn1)N1C2CC2CC[C@H]1CCc1ccc(Cl)cn1. The van der Waals surface area contributed by atoms with Gasteiger partial charge in [-0.05, 0) is 74.4 Å². The molecule has 158 valence electrons. The van der Waals surface area contributed by atoms with Gasteiger partial charge >= 0.3 is 0 Å². The van der Waals surface area contributed by atoms with Gasteiger partial charge in [0.25, 0.3) is 5.91 Å². The lowest BCUT2D eigenvalue weighted by atomic mass is 9.95. The second-order valence-corrected chi connectivity index (χ2v) is 9.15. The summed E-state index contributed by atoms with van der Waals surface area (Å²) < 4.78 is 0. The van der Waals surface area contributed by atoms with Crippen molar-refractivity contribution in [3.05, 3.63) is 76.3 Å². The Bertz CT molecular complexity index is 1090. The van der Waals surface area contributed by atoms with E-state index < -0.39 is 0 Å². The number of nitrogens with zero attached hydrogens (tertiary/aromatic N) is 4. The Morgan fingerprint density at radius 2 is 1.84 bits per heavy atom. The highest BCUT2D eigenvalue weighted by Gasteiger charge is 2.50. The van der Waals surface area contributed by atoms with Crippen LogP contribution in [0.5, 0.6) is 0 Å². The van der Waals surface area contributed by atoms with E-state index in [-0.39, 0.29) is 11.9 Å². The van der Waals surface area contributed by atoms with E-state index in [9.17, 15) is 4.79 Å². The summed E-state index contributed by atoms with van der Waals surface area (Å²) in [7, 11) is 0. The summed E-state index contributed by atoms with van der Waals surface area (Å²) in [6.45, 7) is 0. The minimum absolute atomic E-state index is 0.0196. The summed E-state index contributed by atoms with van der Waals surface area (Å²) in [5.41, 5.74) is 2.28. The molecule has 2 aromatic heterocycles. The Kier molecular flexibility index (Phi) is 5.63. The number of pyridine rings is 1. The third kappa shape index (κ3) is 4.30. The van der Waals surface area contributed by atoms with Crippen molar-refractivity contribution in [2.75, 3.05) is 0 Å². The first-order valence-electron chi connectivity index (χ1n) is 10.6. The number of piperidine rings is 1. The molecule has 0 spiro atoms. The number of carbonyl (C=O) groups excluding carboxylic acids is 1. The molecular formula is C24H22Cl2N4O. The minimum atomic E-state index is 0.0196. The second-order valence-electron chi connectivity index (χ2n) is 8.28. The molecule has 0 radical (unpaired) electrons. The number of rotatable bonds is 5. The van der Waals surface area contributed by atoms with E-state index in [2.05, 4.69) is 19.9 Å². The average Bonchev–Trinajstić information content (AvgIpc) is 3.58. The predicted molar refractivity (Wildman–Crippen MR) is 121 cm³/mol. The van der Waals surface area contributed by atoms with Crippen LogP contribution in [-0.2, 0) is 6.42 Å². The third-order valence-electron chi connectivity index (χ3n) is 6.28. The van der Waals surface area contributed by atoms with E-state index in [0.717, 1.165) is 36.9 Å². The van der Waals surface area contributed by atoms with E-state index >= 15 is 0 Å². The maximum atomic E-state index is 13.8. The Labute approximate surface area is 191 Å². The van der Waals surface area contributed by atoms with E-state index in [4.69, 9.17) is 23.2 Å². The lowest BCUT2D eigenvalue weighted by Crippen LogP contribution is -2.45. The first-order chi connectivity index (χ1) is 15.1. The molecule has 3 heterocycles. The molecule has 5 nitrogen and oxygen atoms in total. The molecular weight excluding hydrogens is 431 g/mol. The zero-order valence-corrected chi connectivity index (χ0v) is 18.4. The zero-order valence-electron chi connectivity index (χ0n) is 16.9. The Morgan fingerprint density at radius 3 is 2.61 bits per heavy atom. The van der Waals surface area contributed by atoms with Crippen LogP contribution in [0, 0.1) is 5.92 Å². The standard InChI is InChI=1S/C24H22Cl2N4O/c25-16-4-9-20(23-27-10-1-11-28-23)21(13-16)24(31)30-19(7-2-15-12-22(15)30)8-6-18-5-3-17(26)14-29-18/h1,3-5,9-11,13-15,19,22H,2,6-8,12H2/t15?,19-,22?/m0/s1. The van der Waals surface area contributed by atoms with Crippen molar-refractivity contribution in [1.82, 2.24) is 19.9 Å². The lowest BCUT2D eigenvalue weighted by Gasteiger charge is -2.36. The lowest BCUT2D eigenvalue weighted by molar-refractivity contribution is 0.0576. The quantitative estimate of drug-likeness (QED) is 0.514. The van der Waals surface area contributed by atoms with Gasteiger partial charge in [-0.25, -0.2) is 9.97 Å². The first-order valence-corrected chi connectivity index (χ1v) is 11.4. The van der Waals surface area contributed by atoms with E-state index in [1.165, 1.54) is 6.42 Å². The van der Waals surface area contributed by atoms with Crippen molar-refractivity contribution in [3.63, 3.8) is 0 Å². The van der Waals surface area contributed by atoms with Crippen LogP contribution in [0.1, 0.15) is 41.7 Å². The molecule has 1 aliphatic heterocycles. The summed E-state index contributed by atoms with van der Waals surface area (Å²) in [6.07, 6.45) is 10.0. The summed E-state index contributed by atoms with van der Waals surface area (Å²) in [4.78, 5) is 29.1. The second kappa shape index (κ2) is 8.56. The highest BCUT2D eigenvalue weighted by molar-refractivity contribution is 6.31. The topological polar surface area (TPSA) is 59.0 Å². The van der Waals surface area contributed by atoms with Crippen LogP contribution in [0.15, 0.2) is 55.0 Å². The number of benzene rings is 1. The predicted octanol–water partition coefficient (Wildman–Crippen LogP) is 5.47. The van der Waals surface area contributed by atoms with E-state index in [1.807, 2.05) is 18.2 Å². The van der Waals surface area contributed by atoms with E-state index in [1.54, 1.807) is 36.8 Å². The molecule has 1 aromatic carbocycles. The number of halogens is 2. The normalized spacial score (nSPS) is 22.1. The number of fused-ring (bicyclic) bond motifs is 1. The number of aryl methyl sites for hydroxylation is 1. The molecule has 3 aromatic rings. The number of hydrogen-bond donors (Lipinski definition) is 0. The van der Waals surface area contributed by atoms with Crippen LogP contribution >= 0.6 is 23.2 Å². The largest absolute Gasteiger partial charge is 0.332 e. The van der Waals surface area contributed by atoms with Crippen molar-refractivity contribution in [2.24, 2.45) is 5.92 Å². The van der Waals surface area contributed by atoms with Gasteiger partial charge in [-0.3, -0.25) is 9.78 Å². The van der Waals surface area contributed by atoms with Crippen molar-refractivity contribution in [3.8, 4) is 11.4 Å². The molecule has 1 amide bonds. The van der Waals surface area contributed by atoms with Crippen LogP contribution in [0.25, 0.3) is 11.4 Å². The maximum absolute atomic E-state index is 13.8. The molecule has 2 fully saturated rings. The van der Waals surface area contributed by atoms with Crippen LogP contribution in [0.4, 0.5) is 0 Å². The van der Waals surface area contributed by atoms with Gasteiger partial charge < -0.3 is 4.90 Å². The number of likely N-dealkylation sites (tertiary alicyclic amines) is 1. The molecule has 5 rings (SSSR count). The fraction of sp³-hybridized carbons (Fsp3) is 0.333. The van der Waals surface area contributed by atoms with Gasteiger partial charge in [0.15, 0.2) is 5.82 Å². The van der Waals surface area contributed by atoms with Gasteiger partial charge in [0.05, 0.1) is 10.6 Å². The molecule has 1 aliphatic carbocycles. The van der Waals surface area contributed by atoms with Gasteiger partial charge in [-0.1, -0.05) is 23.2 Å². The summed E-state index contributed by atoms with van der Waals surface area (Å²) in [6, 6.07) is 11.4. The fourth-order valence-corrected chi connectivity index (χ4v) is 4.92. The molecule has 0 bridgehead atoms. The van der Waals surface area contributed by atoms with Crippen molar-refractivity contribution in [2.45, 2.75) is 44.2 Å². The number of carbonyl (C=O) groups is 1. The van der Waals surface area contributed by atoms with Crippen LogP contribution in [-0.4, -0.2) is 37.8 Å². The molecule has 3 atom stereocenters. The smallest absolute Gasteiger partial charge is 0.255 e. The number of amides is 1. The minimum Gasteiger partial charge on any atom is -0.332 e. The number of aromatic nitrogens is 3. The summed E-state index contributed by atoms with van der Waals surface area (Å²) >= 11 is 12.3. The van der Waals surface area contributed by atoms with Crippen molar-refractivity contribution >= 4 is 29.1 Å². The molecule has 31 heavy (non-hydrogen) atoms. The van der Waals surface area contributed by atoms with Crippen LogP contribution in [0.3, 0.4) is 0 Å². The highest BCUT2D eigenvalue weighted by atomic mass is 35.5. The highest BCUT2D eigenvalue weighted by Crippen LogP contribution is 2.47. The van der Waals surface area contributed by atoms with Gasteiger partial charge in [0.2, 0.25) is 0 Å². The van der Waals surface area contributed by atoms with Crippen molar-refractivity contribution < 1.29 is 4.79 Å². The third-order valence-corrected chi connectivity index (χ3v) is 6.74. The number of hydrogen-bond acceptors (Lipinski definition) is 4. The average molecular weight is 453 g/mol. The molecule has 1 saturated heterocycles. The monoisotopic (exact) mass is 452 g/mol. The van der Waals surface area contributed by atoms with Gasteiger partial charge in [0, 0.05) is 47.0 Å². The zero-order chi connectivity index (χ0) is 21.4. The van der Waals surface area contributed by atoms with Gasteiger partial charge in [-0.2, -0.15) is 0 Å². The molecule has 7 heteroatoms.